The third-order valence-corrected chi connectivity index (χ3v) is 0.822. The van der Waals surface area contributed by atoms with E-state index in [0.29, 0.717) is 0 Å². The zero-order valence-electron chi connectivity index (χ0n) is 6.28. The van der Waals surface area contributed by atoms with Crippen molar-refractivity contribution in [3.05, 3.63) is 19.1 Å². The molecular formula is C6H6F3O2Rf-. The van der Waals surface area contributed by atoms with E-state index in [2.05, 4.69) is 18.2 Å². The average molecular weight is 434 g/mol. The van der Waals surface area contributed by atoms with Crippen LogP contribution in [0.4, 0.5) is 13.2 Å². The molecule has 6 heteroatoms. The van der Waals surface area contributed by atoms with Crippen molar-refractivity contribution in [1.82, 2.24) is 0 Å². The van der Waals surface area contributed by atoms with Crippen LogP contribution in [0.1, 0.15) is 0 Å². The van der Waals surface area contributed by atoms with Gasteiger partial charge in [0.1, 0.15) is 5.57 Å². The van der Waals surface area contributed by atoms with E-state index in [0.717, 1.165) is 0 Å². The smallest absolute Gasteiger partial charge is 0.422 e. The molecule has 0 aliphatic rings. The fraction of sp³-hybridized carbons (Fsp3) is 0.333. The Morgan fingerprint density at radius 1 is 1.50 bits per heavy atom. The van der Waals surface area contributed by atoms with Gasteiger partial charge in [0, 0.05) is 0 Å². The van der Waals surface area contributed by atoms with Gasteiger partial charge in [0.15, 0.2) is 0 Å². The first-order chi connectivity index (χ1) is 4.89. The molecular weight excluding hydrogens is 428 g/mol. The monoisotopic (exact) mass is 434 g/mol. The van der Waals surface area contributed by atoms with Crippen LogP contribution >= 0.6 is 0 Å². The average Bonchev–Trinajstić information content (AvgIpc) is 1.85. The van der Waals surface area contributed by atoms with Crippen LogP contribution in [0.3, 0.4) is 0 Å². The number of carbonyl (C=O) groups excluding carboxylic acids is 1. The molecule has 0 radical (unpaired) electrons. The number of ether oxygens (including phenoxy) is 1. The van der Waals surface area contributed by atoms with Gasteiger partial charge in [0.2, 0.25) is 0 Å². The van der Waals surface area contributed by atoms with Gasteiger partial charge in [-0.3, -0.25) is 0 Å². The third-order valence-electron chi connectivity index (χ3n) is 0.822. The molecule has 0 aliphatic heterocycles. The van der Waals surface area contributed by atoms with Gasteiger partial charge in [-0.1, -0.05) is 6.58 Å². The Labute approximate surface area is 61.6 Å². The second-order valence-electron chi connectivity index (χ2n) is 1.61. The molecule has 0 N–H and O–H groups in total. The first kappa shape index (κ1) is 12.7. The molecule has 0 aliphatic carbocycles. The molecule has 0 rings (SSSR count). The van der Waals surface area contributed by atoms with Crippen LogP contribution in [0.5, 0.6) is 0 Å². The van der Waals surface area contributed by atoms with Crippen LogP contribution in [0.15, 0.2) is 12.2 Å². The van der Waals surface area contributed by atoms with Gasteiger partial charge < -0.3 is 11.7 Å². The molecule has 0 aromatic carbocycles. The Bertz CT molecular complexity index is 176. The van der Waals surface area contributed by atoms with Crippen molar-refractivity contribution in [1.29, 1.82) is 0 Å². The van der Waals surface area contributed by atoms with E-state index in [1.165, 1.54) is 0 Å². The minimum Gasteiger partial charge on any atom is -0.495 e. The maximum absolute atomic E-state index is 11.6. The van der Waals surface area contributed by atoms with E-state index in [-0.39, 0.29) is 6.61 Å². The number of rotatable bonds is 2. The van der Waals surface area contributed by atoms with E-state index in [1.54, 1.807) is 0 Å². The van der Waals surface area contributed by atoms with E-state index in [9.17, 15) is 18.0 Å². The second-order valence-corrected chi connectivity index (χ2v) is 1.61. The summed E-state index contributed by atoms with van der Waals surface area (Å²) in [5, 5.41) is 0. The summed E-state index contributed by atoms with van der Waals surface area (Å²) >= 11 is 0. The number of carbonyl (C=O) groups is 1. The zero-order chi connectivity index (χ0) is 9.07. The molecule has 0 heterocycles. The molecule has 0 unspecified atom stereocenters. The molecule has 0 amide bonds. The molecule has 2 nitrogen and oxygen atoms in total. The first-order valence-electron chi connectivity index (χ1n) is 2.62. The Hall–Kier alpha value is -2.00. The van der Waals surface area contributed by atoms with Gasteiger partial charge in [-0.15, -0.1) is 0 Å². The Balaban J connectivity index is 0. The Morgan fingerprint density at radius 3 is 2.17 bits per heavy atom. The van der Waals surface area contributed by atoms with Crippen LogP contribution in [0.25, 0.3) is 0 Å². The molecule has 0 aromatic rings. The number of alkyl halides is 3. The fourth-order valence-corrected chi connectivity index (χ4v) is 0.296. The van der Waals surface area contributed by atoms with Gasteiger partial charge in [0.25, 0.3) is 0 Å². The molecule has 0 bridgehead atoms. The van der Waals surface area contributed by atoms with E-state index < -0.39 is 17.7 Å². The number of esters is 1. The van der Waals surface area contributed by atoms with E-state index >= 15 is 0 Å². The van der Waals surface area contributed by atoms with Gasteiger partial charge in [-0.25, -0.2) is 4.79 Å². The van der Waals surface area contributed by atoms with Crippen molar-refractivity contribution < 1.29 is 22.7 Å². The van der Waals surface area contributed by atoms with Gasteiger partial charge in [-0.05, 0) is 6.61 Å². The van der Waals surface area contributed by atoms with Crippen molar-refractivity contribution >= 4 is 5.97 Å². The fourth-order valence-electron chi connectivity index (χ4n) is 0.296. The summed E-state index contributed by atoms with van der Waals surface area (Å²) in [5.41, 5.74) is -1.51. The van der Waals surface area contributed by atoms with Crippen molar-refractivity contribution in [2.45, 2.75) is 6.18 Å². The minimum atomic E-state index is -4.72. The molecule has 12 heavy (non-hydrogen) atoms. The molecule has 0 saturated heterocycles. The zero-order valence-corrected chi connectivity index (χ0v) is 12.7. The van der Waals surface area contributed by atoms with Crippen molar-refractivity contribution in [3.63, 3.8) is 0 Å². The summed E-state index contributed by atoms with van der Waals surface area (Å²) < 4.78 is 38.8. The number of halogens is 3. The molecule has 0 aromatic heterocycles. The van der Waals surface area contributed by atoms with Crippen LogP contribution in [-0.4, -0.2) is 18.8 Å². The predicted octanol–water partition coefficient (Wildman–Crippen LogP) is 1.48. The van der Waals surface area contributed by atoms with Gasteiger partial charge >= 0.3 is 12.1 Å². The Morgan fingerprint density at radius 2 is 1.92 bits per heavy atom. The van der Waals surface area contributed by atoms with Crippen molar-refractivity contribution in [2.24, 2.45) is 0 Å². The van der Waals surface area contributed by atoms with Gasteiger partial charge in [-0.2, -0.15) is 13.2 Å². The molecule has 0 atom stereocenters. The van der Waals surface area contributed by atoms with Crippen LogP contribution in [0, 0.1) is 6.92 Å². The third kappa shape index (κ3) is 3.24. The van der Waals surface area contributed by atoms with Crippen molar-refractivity contribution in [2.75, 3.05) is 6.61 Å². The predicted molar refractivity (Wildman–Crippen MR) is 31.5 cm³/mol. The standard InChI is InChI=1S/C6H6F3O2.Rf/c1-3-11-5(10)4(2)6(7,8)9;/h1-3H2;/q-1;. The summed E-state index contributed by atoms with van der Waals surface area (Å²) in [6.07, 6.45) is -4.72. The van der Waals surface area contributed by atoms with Crippen LogP contribution in [0.2, 0.25) is 0 Å². The van der Waals surface area contributed by atoms with E-state index in [1.807, 2.05) is 0 Å². The summed E-state index contributed by atoms with van der Waals surface area (Å²) in [4.78, 5) is 10.3. The minimum absolute atomic E-state index is 0. The molecule has 0 fully saturated rings. The SMILES string of the molecule is C=C(C(=O)OC[CH2-])C(F)(F)F.[Rf]. The number of hydrogen-bond acceptors (Lipinski definition) is 2. The maximum atomic E-state index is 11.6. The summed E-state index contributed by atoms with van der Waals surface area (Å²) in [6.45, 7) is 5.22. The number of hydrogen-bond donors (Lipinski definition) is 0. The largest absolute Gasteiger partial charge is 0.495 e. The Kier molecular flexibility index (Phi) is 4.22. The summed E-state index contributed by atoms with van der Waals surface area (Å²) in [6, 6.07) is 0. The normalized spacial score (nSPS) is 10.0. The second kappa shape index (κ2) is 4.00. The molecule has 66 valence electrons. The summed E-state index contributed by atoms with van der Waals surface area (Å²) in [7, 11) is 0. The van der Waals surface area contributed by atoms with Crippen LogP contribution in [-0.2, 0) is 9.53 Å². The van der Waals surface area contributed by atoms with Crippen molar-refractivity contribution in [3.8, 4) is 0 Å². The topological polar surface area (TPSA) is 26.3 Å². The molecule has 0 spiro atoms. The van der Waals surface area contributed by atoms with Crippen LogP contribution < -0.4 is 0 Å². The molecule has 0 saturated carbocycles. The maximum Gasteiger partial charge on any atom is 0.422 e. The first-order valence-corrected chi connectivity index (χ1v) is 2.62. The quantitative estimate of drug-likeness (QED) is 0.374. The summed E-state index contributed by atoms with van der Waals surface area (Å²) in [5.74, 6) is -1.48. The van der Waals surface area contributed by atoms with E-state index in [4.69, 9.17) is 0 Å². The van der Waals surface area contributed by atoms with Gasteiger partial charge in [0.05, 0.1) is 0 Å².